The molecule has 0 aliphatic rings. The first-order valence-electron chi connectivity index (χ1n) is 5.79. The van der Waals surface area contributed by atoms with Crippen LogP contribution in [0.25, 0.3) is 0 Å². The van der Waals surface area contributed by atoms with Crippen LogP contribution in [-0.4, -0.2) is 35.2 Å². The van der Waals surface area contributed by atoms with Crippen molar-refractivity contribution in [3.63, 3.8) is 0 Å². The Kier molecular flexibility index (Phi) is 4.28. The molecule has 0 aliphatic carbocycles. The number of hydrogen-bond donors (Lipinski definition) is 2. The fraction of sp³-hybridized carbons (Fsp3) is 0.727. The summed E-state index contributed by atoms with van der Waals surface area (Å²) in [6.07, 6.45) is 0. The van der Waals surface area contributed by atoms with Crippen molar-refractivity contribution in [3.8, 4) is 6.01 Å². The lowest BCUT2D eigenvalue weighted by Gasteiger charge is -2.35. The van der Waals surface area contributed by atoms with Crippen molar-refractivity contribution in [2.45, 2.75) is 33.7 Å². The fourth-order valence-corrected chi connectivity index (χ4v) is 1.41. The van der Waals surface area contributed by atoms with E-state index in [1.807, 2.05) is 11.9 Å². The number of hydrazine groups is 1. The highest BCUT2D eigenvalue weighted by Crippen LogP contribution is 2.26. The van der Waals surface area contributed by atoms with Gasteiger partial charge in [-0.1, -0.05) is 20.8 Å². The van der Waals surface area contributed by atoms with Gasteiger partial charge < -0.3 is 9.64 Å². The number of nitrogen functional groups attached to an aromatic ring is 1. The highest BCUT2D eigenvalue weighted by atomic mass is 16.5. The molecule has 0 bridgehead atoms. The van der Waals surface area contributed by atoms with E-state index in [2.05, 4.69) is 48.1 Å². The predicted octanol–water partition coefficient (Wildman–Crippen LogP) is 1.04. The summed E-state index contributed by atoms with van der Waals surface area (Å²) in [7, 11) is 3.44. The molecule has 0 aromatic carbocycles. The van der Waals surface area contributed by atoms with E-state index in [-0.39, 0.29) is 23.4 Å². The minimum atomic E-state index is 0.102. The first-order valence-corrected chi connectivity index (χ1v) is 5.79. The molecule has 7 nitrogen and oxygen atoms in total. The van der Waals surface area contributed by atoms with Gasteiger partial charge in [-0.3, -0.25) is 5.43 Å². The summed E-state index contributed by atoms with van der Waals surface area (Å²) in [6.45, 7) is 8.60. The number of nitrogens with zero attached hydrogens (tertiary/aromatic N) is 4. The lowest BCUT2D eigenvalue weighted by Crippen LogP contribution is -2.40. The summed E-state index contributed by atoms with van der Waals surface area (Å²) in [5.41, 5.74) is 2.51. The summed E-state index contributed by atoms with van der Waals surface area (Å²) in [5, 5.41) is 0. The van der Waals surface area contributed by atoms with Crippen LogP contribution in [0, 0.1) is 5.41 Å². The van der Waals surface area contributed by atoms with Crippen LogP contribution in [0.4, 0.5) is 11.9 Å². The summed E-state index contributed by atoms with van der Waals surface area (Å²) < 4.78 is 5.03. The predicted molar refractivity (Wildman–Crippen MR) is 71.5 cm³/mol. The second kappa shape index (κ2) is 5.34. The molecular formula is C11H22N6O. The Morgan fingerprint density at radius 3 is 2.33 bits per heavy atom. The van der Waals surface area contributed by atoms with Gasteiger partial charge in [0, 0.05) is 13.1 Å². The van der Waals surface area contributed by atoms with Crippen LogP contribution in [0.15, 0.2) is 0 Å². The topological polar surface area (TPSA) is 89.2 Å². The molecule has 0 saturated heterocycles. The molecule has 1 aromatic rings. The largest absolute Gasteiger partial charge is 0.467 e. The molecule has 102 valence electrons. The van der Waals surface area contributed by atoms with E-state index in [0.29, 0.717) is 5.95 Å². The van der Waals surface area contributed by atoms with Crippen LogP contribution in [0.3, 0.4) is 0 Å². The highest BCUT2D eigenvalue weighted by Gasteiger charge is 2.26. The SMILES string of the molecule is COc1nc(NN)nc(N(C)C(C)C(C)(C)C)n1. The lowest BCUT2D eigenvalue weighted by atomic mass is 9.87. The van der Waals surface area contributed by atoms with E-state index in [9.17, 15) is 0 Å². The quantitative estimate of drug-likeness (QED) is 0.613. The Bertz CT molecular complexity index is 381. The van der Waals surface area contributed by atoms with Gasteiger partial charge in [-0.05, 0) is 12.3 Å². The molecule has 0 amide bonds. The Balaban J connectivity index is 3.08. The maximum Gasteiger partial charge on any atom is 0.322 e. The Morgan fingerprint density at radius 2 is 1.89 bits per heavy atom. The van der Waals surface area contributed by atoms with Crippen LogP contribution >= 0.6 is 0 Å². The second-order valence-corrected chi connectivity index (χ2v) is 5.24. The van der Waals surface area contributed by atoms with Crippen LogP contribution < -0.4 is 20.9 Å². The number of nitrogens with two attached hydrogens (primary N) is 1. The second-order valence-electron chi connectivity index (χ2n) is 5.24. The van der Waals surface area contributed by atoms with E-state index in [1.165, 1.54) is 7.11 Å². The normalized spacial score (nSPS) is 13.1. The highest BCUT2D eigenvalue weighted by molar-refractivity contribution is 5.38. The van der Waals surface area contributed by atoms with Gasteiger partial charge in [0.05, 0.1) is 7.11 Å². The molecule has 3 N–H and O–H groups in total. The van der Waals surface area contributed by atoms with Crippen LogP contribution in [0.2, 0.25) is 0 Å². The third-order valence-corrected chi connectivity index (χ3v) is 3.06. The van der Waals surface area contributed by atoms with Crippen LogP contribution in [-0.2, 0) is 0 Å². The number of methoxy groups -OCH3 is 1. The molecule has 0 radical (unpaired) electrons. The number of hydrogen-bond acceptors (Lipinski definition) is 7. The molecule has 1 heterocycles. The Hall–Kier alpha value is -1.63. The van der Waals surface area contributed by atoms with Gasteiger partial charge in [-0.15, -0.1) is 0 Å². The smallest absolute Gasteiger partial charge is 0.322 e. The zero-order chi connectivity index (χ0) is 13.9. The maximum absolute atomic E-state index is 5.33. The monoisotopic (exact) mass is 254 g/mol. The van der Waals surface area contributed by atoms with Crippen molar-refractivity contribution in [1.82, 2.24) is 15.0 Å². The van der Waals surface area contributed by atoms with E-state index >= 15 is 0 Å². The molecule has 1 rings (SSSR count). The van der Waals surface area contributed by atoms with Crippen molar-refractivity contribution in [3.05, 3.63) is 0 Å². The van der Waals surface area contributed by atoms with Gasteiger partial charge in [0.2, 0.25) is 11.9 Å². The Morgan fingerprint density at radius 1 is 1.28 bits per heavy atom. The third-order valence-electron chi connectivity index (χ3n) is 3.06. The molecule has 1 unspecified atom stereocenters. The van der Waals surface area contributed by atoms with Crippen molar-refractivity contribution < 1.29 is 4.74 Å². The van der Waals surface area contributed by atoms with Gasteiger partial charge in [0.15, 0.2) is 0 Å². The van der Waals surface area contributed by atoms with E-state index in [1.54, 1.807) is 0 Å². The van der Waals surface area contributed by atoms with E-state index in [4.69, 9.17) is 10.6 Å². The summed E-state index contributed by atoms with van der Waals surface area (Å²) >= 11 is 0. The number of ether oxygens (including phenoxy) is 1. The Labute approximate surface area is 108 Å². The van der Waals surface area contributed by atoms with Gasteiger partial charge in [-0.2, -0.15) is 15.0 Å². The molecule has 0 saturated carbocycles. The average Bonchev–Trinajstić information content (AvgIpc) is 2.35. The maximum atomic E-state index is 5.33. The first kappa shape index (κ1) is 14.4. The molecule has 1 aromatic heterocycles. The van der Waals surface area contributed by atoms with Crippen molar-refractivity contribution >= 4 is 11.9 Å². The standard InChI is InChI=1S/C11H22N6O/c1-7(11(2,3)4)17(5)9-13-8(16-12)14-10(15-9)18-6/h7H,12H2,1-6H3,(H,13,14,15,16). The average molecular weight is 254 g/mol. The van der Waals surface area contributed by atoms with Crippen molar-refractivity contribution in [2.75, 3.05) is 24.5 Å². The van der Waals surface area contributed by atoms with Crippen LogP contribution in [0.1, 0.15) is 27.7 Å². The minimum absolute atomic E-state index is 0.102. The fourth-order valence-electron chi connectivity index (χ4n) is 1.41. The number of anilines is 2. The molecular weight excluding hydrogens is 232 g/mol. The van der Waals surface area contributed by atoms with Gasteiger partial charge in [0.1, 0.15) is 0 Å². The number of rotatable bonds is 4. The lowest BCUT2D eigenvalue weighted by molar-refractivity contribution is 0.325. The number of nitrogens with one attached hydrogen (secondary N) is 1. The summed E-state index contributed by atoms with van der Waals surface area (Å²) in [4.78, 5) is 14.4. The minimum Gasteiger partial charge on any atom is -0.467 e. The van der Waals surface area contributed by atoms with Crippen molar-refractivity contribution in [2.24, 2.45) is 11.3 Å². The molecule has 0 aliphatic heterocycles. The van der Waals surface area contributed by atoms with E-state index in [0.717, 1.165) is 0 Å². The molecule has 0 fully saturated rings. The summed E-state index contributed by atoms with van der Waals surface area (Å²) in [5.74, 6) is 6.13. The molecule has 7 heteroatoms. The first-order chi connectivity index (χ1) is 8.29. The van der Waals surface area contributed by atoms with Crippen molar-refractivity contribution in [1.29, 1.82) is 0 Å². The molecule has 18 heavy (non-hydrogen) atoms. The van der Waals surface area contributed by atoms with Gasteiger partial charge in [0.25, 0.3) is 0 Å². The van der Waals surface area contributed by atoms with Gasteiger partial charge >= 0.3 is 6.01 Å². The molecule has 0 spiro atoms. The molecule has 1 atom stereocenters. The third kappa shape index (κ3) is 3.19. The van der Waals surface area contributed by atoms with Gasteiger partial charge in [-0.25, -0.2) is 5.84 Å². The van der Waals surface area contributed by atoms with Crippen LogP contribution in [0.5, 0.6) is 6.01 Å². The zero-order valence-electron chi connectivity index (χ0n) is 11.9. The zero-order valence-corrected chi connectivity index (χ0v) is 11.9. The van der Waals surface area contributed by atoms with E-state index < -0.39 is 0 Å². The number of aromatic nitrogens is 3. The summed E-state index contributed by atoms with van der Waals surface area (Å²) in [6, 6.07) is 0.483.